The van der Waals surface area contributed by atoms with Crippen LogP contribution in [0.3, 0.4) is 0 Å². The molecule has 1 heterocycles. The van der Waals surface area contributed by atoms with Crippen molar-refractivity contribution in [3.63, 3.8) is 0 Å². The molecule has 2 aromatic rings. The first-order valence-electron chi connectivity index (χ1n) is 10.5. The van der Waals surface area contributed by atoms with Crippen molar-refractivity contribution in [2.45, 2.75) is 50.1 Å². The number of aromatic nitrogens is 1. The third-order valence-electron chi connectivity index (χ3n) is 5.25. The molecule has 6 nitrogen and oxygen atoms in total. The van der Waals surface area contributed by atoms with E-state index in [0.717, 1.165) is 25.1 Å². The monoisotopic (exact) mass is 491 g/mol. The molecule has 0 radical (unpaired) electrons. The molecule has 1 amide bonds. The van der Waals surface area contributed by atoms with Crippen molar-refractivity contribution in [3.8, 4) is 5.75 Å². The quantitative estimate of drug-likeness (QED) is 0.391. The van der Waals surface area contributed by atoms with Gasteiger partial charge in [0.15, 0.2) is 5.82 Å². The highest BCUT2D eigenvalue weighted by Gasteiger charge is 2.39. The Bertz CT molecular complexity index is 945. The van der Waals surface area contributed by atoms with Crippen LogP contribution in [0.1, 0.15) is 42.7 Å². The molecule has 0 spiro atoms. The zero-order chi connectivity index (χ0) is 24.8. The number of halogens is 6. The van der Waals surface area contributed by atoms with E-state index < -0.39 is 54.7 Å². The molecule has 34 heavy (non-hydrogen) atoms. The fourth-order valence-corrected chi connectivity index (χ4v) is 3.75. The number of carbonyl (C=O) groups is 1. The SMILES string of the molecule is O=C(COCC(F)(F)F)NNc1nccc(OC2CCC(c3ccccc3)CC2)c1C(F)(F)F. The fourth-order valence-electron chi connectivity index (χ4n) is 3.75. The van der Waals surface area contributed by atoms with Crippen LogP contribution in [0.4, 0.5) is 32.2 Å². The van der Waals surface area contributed by atoms with Crippen LogP contribution in [0.5, 0.6) is 5.75 Å². The average Bonchev–Trinajstić information content (AvgIpc) is 2.77. The third-order valence-corrected chi connectivity index (χ3v) is 5.25. The van der Waals surface area contributed by atoms with Crippen molar-refractivity contribution in [2.24, 2.45) is 0 Å². The zero-order valence-corrected chi connectivity index (χ0v) is 17.9. The van der Waals surface area contributed by atoms with E-state index in [1.54, 1.807) is 0 Å². The molecule has 3 rings (SSSR count). The maximum Gasteiger partial charge on any atom is 0.423 e. The second-order valence-corrected chi connectivity index (χ2v) is 7.81. The Hall–Kier alpha value is -3.02. The van der Waals surface area contributed by atoms with E-state index in [4.69, 9.17) is 4.74 Å². The lowest BCUT2D eigenvalue weighted by Gasteiger charge is -2.30. The number of rotatable bonds is 8. The molecule has 0 atom stereocenters. The molecule has 0 saturated heterocycles. The number of alkyl halides is 6. The van der Waals surface area contributed by atoms with Gasteiger partial charge in [-0.3, -0.25) is 15.6 Å². The van der Waals surface area contributed by atoms with Crippen LogP contribution in [-0.2, 0) is 15.7 Å². The van der Waals surface area contributed by atoms with Crippen LogP contribution in [-0.4, -0.2) is 36.4 Å². The number of benzene rings is 1. The van der Waals surface area contributed by atoms with Gasteiger partial charge < -0.3 is 9.47 Å². The van der Waals surface area contributed by atoms with Gasteiger partial charge in [-0.05, 0) is 43.2 Å². The van der Waals surface area contributed by atoms with Gasteiger partial charge in [-0.2, -0.15) is 26.3 Å². The lowest BCUT2D eigenvalue weighted by Crippen LogP contribution is -2.35. The predicted octanol–water partition coefficient (Wildman–Crippen LogP) is 5.23. The number of hydrogen-bond acceptors (Lipinski definition) is 5. The number of hydrazine groups is 1. The summed E-state index contributed by atoms with van der Waals surface area (Å²) in [5, 5.41) is 0. The van der Waals surface area contributed by atoms with Gasteiger partial charge in [0.05, 0.1) is 6.10 Å². The summed E-state index contributed by atoms with van der Waals surface area (Å²) in [6.45, 7) is -2.67. The van der Waals surface area contributed by atoms with Gasteiger partial charge in [-0.25, -0.2) is 4.98 Å². The van der Waals surface area contributed by atoms with Gasteiger partial charge in [0.1, 0.15) is 24.5 Å². The van der Waals surface area contributed by atoms with Crippen molar-refractivity contribution in [3.05, 3.63) is 53.7 Å². The Balaban J connectivity index is 1.62. The number of pyridine rings is 1. The number of nitrogens with zero attached hydrogens (tertiary/aromatic N) is 1. The maximum absolute atomic E-state index is 13.8. The zero-order valence-electron chi connectivity index (χ0n) is 17.9. The summed E-state index contributed by atoms with van der Waals surface area (Å²) in [7, 11) is 0. The summed E-state index contributed by atoms with van der Waals surface area (Å²) in [5.74, 6) is -1.99. The van der Waals surface area contributed by atoms with Crippen LogP contribution in [0.2, 0.25) is 0 Å². The van der Waals surface area contributed by atoms with E-state index in [1.165, 1.54) is 5.56 Å². The van der Waals surface area contributed by atoms with E-state index in [-0.39, 0.29) is 0 Å². The van der Waals surface area contributed by atoms with Crippen LogP contribution in [0.25, 0.3) is 0 Å². The first kappa shape index (κ1) is 25.6. The largest absolute Gasteiger partial charge is 0.490 e. The second kappa shape index (κ2) is 10.9. The summed E-state index contributed by atoms with van der Waals surface area (Å²) < 4.78 is 87.4. The van der Waals surface area contributed by atoms with E-state index in [1.807, 2.05) is 41.2 Å². The lowest BCUT2D eigenvalue weighted by atomic mass is 9.83. The molecular weight excluding hydrogens is 468 g/mol. The third kappa shape index (κ3) is 7.51. The molecule has 186 valence electrons. The highest BCUT2D eigenvalue weighted by atomic mass is 19.4. The molecule has 1 aromatic carbocycles. The van der Waals surface area contributed by atoms with Crippen molar-refractivity contribution in [1.29, 1.82) is 0 Å². The normalized spacial score (nSPS) is 18.9. The molecule has 1 aliphatic carbocycles. The smallest absolute Gasteiger partial charge is 0.423 e. The standard InChI is InChI=1S/C22H23F6N3O3/c23-21(24,25)13-33-12-18(32)30-31-20-19(22(26,27)28)17(10-11-29-20)34-16-8-6-15(7-9-16)14-4-2-1-3-5-14/h1-5,10-11,15-16H,6-9,12-13H2,(H,29,31)(H,30,32). The average molecular weight is 491 g/mol. The van der Waals surface area contributed by atoms with E-state index in [0.29, 0.717) is 18.8 Å². The molecule has 12 heteroatoms. The van der Waals surface area contributed by atoms with Gasteiger partial charge in [-0.1, -0.05) is 30.3 Å². The minimum atomic E-state index is -4.87. The summed E-state index contributed by atoms with van der Waals surface area (Å²) >= 11 is 0. The number of carbonyl (C=O) groups excluding carboxylic acids is 1. The topological polar surface area (TPSA) is 72.5 Å². The van der Waals surface area contributed by atoms with E-state index in [2.05, 4.69) is 9.72 Å². The maximum atomic E-state index is 13.8. The summed E-state index contributed by atoms with van der Waals surface area (Å²) in [5.41, 5.74) is 3.81. The Kier molecular flexibility index (Phi) is 8.24. The van der Waals surface area contributed by atoms with Gasteiger partial charge >= 0.3 is 12.4 Å². The summed E-state index contributed by atoms with van der Waals surface area (Å²) in [4.78, 5) is 15.2. The Morgan fingerprint density at radius 1 is 1.00 bits per heavy atom. The minimum Gasteiger partial charge on any atom is -0.490 e. The molecule has 1 aromatic heterocycles. The van der Waals surface area contributed by atoms with Crippen molar-refractivity contribution >= 4 is 11.7 Å². The van der Waals surface area contributed by atoms with Crippen molar-refractivity contribution < 1.29 is 40.6 Å². The Morgan fingerprint density at radius 2 is 1.68 bits per heavy atom. The fraction of sp³-hybridized carbons (Fsp3) is 0.455. The molecule has 0 unspecified atom stereocenters. The number of ether oxygens (including phenoxy) is 2. The summed E-state index contributed by atoms with van der Waals surface area (Å²) in [6.07, 6.45) is -6.20. The molecule has 1 aliphatic rings. The van der Waals surface area contributed by atoms with Crippen molar-refractivity contribution in [1.82, 2.24) is 10.4 Å². The van der Waals surface area contributed by atoms with Gasteiger partial charge in [0.25, 0.3) is 5.91 Å². The number of nitrogens with one attached hydrogen (secondary N) is 2. The minimum absolute atomic E-state index is 0.313. The molecule has 2 N–H and O–H groups in total. The molecule has 1 saturated carbocycles. The highest BCUT2D eigenvalue weighted by Crippen LogP contribution is 2.42. The number of anilines is 1. The lowest BCUT2D eigenvalue weighted by molar-refractivity contribution is -0.175. The molecule has 0 bridgehead atoms. The molecule has 0 aliphatic heterocycles. The highest BCUT2D eigenvalue weighted by molar-refractivity contribution is 5.78. The van der Waals surface area contributed by atoms with Crippen LogP contribution >= 0.6 is 0 Å². The van der Waals surface area contributed by atoms with Gasteiger partial charge in [0.2, 0.25) is 0 Å². The Morgan fingerprint density at radius 3 is 2.29 bits per heavy atom. The van der Waals surface area contributed by atoms with Crippen LogP contribution in [0, 0.1) is 0 Å². The first-order valence-corrected chi connectivity index (χ1v) is 10.5. The first-order chi connectivity index (χ1) is 16.0. The predicted molar refractivity (Wildman–Crippen MR) is 110 cm³/mol. The van der Waals surface area contributed by atoms with E-state index >= 15 is 0 Å². The van der Waals surface area contributed by atoms with Gasteiger partial charge in [0, 0.05) is 6.20 Å². The Labute approximate surface area is 191 Å². The van der Waals surface area contributed by atoms with E-state index in [9.17, 15) is 31.1 Å². The molecular formula is C22H23F6N3O3. The number of amides is 1. The van der Waals surface area contributed by atoms with Crippen LogP contribution < -0.4 is 15.6 Å². The van der Waals surface area contributed by atoms with Crippen molar-refractivity contribution in [2.75, 3.05) is 18.6 Å². The summed E-state index contributed by atoms with van der Waals surface area (Å²) in [6, 6.07) is 10.9. The second-order valence-electron chi connectivity index (χ2n) is 7.81. The number of hydrogen-bond donors (Lipinski definition) is 2. The van der Waals surface area contributed by atoms with Gasteiger partial charge in [-0.15, -0.1) is 0 Å². The molecule has 1 fully saturated rings. The van der Waals surface area contributed by atoms with Crippen LogP contribution in [0.15, 0.2) is 42.6 Å².